The van der Waals surface area contributed by atoms with Crippen LogP contribution in [0.15, 0.2) is 0 Å². The molecule has 0 aromatic carbocycles. The highest BCUT2D eigenvalue weighted by molar-refractivity contribution is 5.77. The van der Waals surface area contributed by atoms with Gasteiger partial charge in [0.2, 0.25) is 5.91 Å². The van der Waals surface area contributed by atoms with Crippen LogP contribution in [0.1, 0.15) is 64.7 Å². The minimum absolute atomic E-state index is 0.180. The summed E-state index contributed by atoms with van der Waals surface area (Å²) in [5, 5.41) is 2.05. The van der Waals surface area contributed by atoms with Gasteiger partial charge in [-0.1, -0.05) is 51.9 Å². The molecule has 0 bridgehead atoms. The number of amides is 1. The summed E-state index contributed by atoms with van der Waals surface area (Å²) in [5.74, 6) is 0.180. The van der Waals surface area contributed by atoms with Crippen LogP contribution in [0.2, 0.25) is 0 Å². The van der Waals surface area contributed by atoms with Crippen molar-refractivity contribution in [2.75, 3.05) is 13.1 Å². The minimum atomic E-state index is 0.180. The average Bonchev–Trinajstić information content (AvgIpc) is 2.68. The van der Waals surface area contributed by atoms with Gasteiger partial charge in [0.15, 0.2) is 0 Å². The zero-order chi connectivity index (χ0) is 11.6. The van der Waals surface area contributed by atoms with Crippen LogP contribution >= 0.6 is 0 Å². The van der Waals surface area contributed by atoms with Gasteiger partial charge >= 0.3 is 0 Å². The third kappa shape index (κ3) is 6.11. The van der Waals surface area contributed by atoms with Crippen molar-refractivity contribution in [3.05, 3.63) is 0 Å². The summed E-state index contributed by atoms with van der Waals surface area (Å²) >= 11 is 0. The summed E-state index contributed by atoms with van der Waals surface area (Å²) in [5.41, 5.74) is 2.87. The monoisotopic (exact) mass is 226 g/mol. The fourth-order valence-electron chi connectivity index (χ4n) is 2.13. The summed E-state index contributed by atoms with van der Waals surface area (Å²) < 4.78 is 0. The van der Waals surface area contributed by atoms with E-state index in [1.807, 2.05) is 0 Å². The quantitative estimate of drug-likeness (QED) is 0.613. The van der Waals surface area contributed by atoms with E-state index in [-0.39, 0.29) is 5.91 Å². The van der Waals surface area contributed by atoms with Crippen LogP contribution < -0.4 is 5.43 Å². The smallest absolute Gasteiger partial charge is 0.235 e. The Balaban J connectivity index is 1.79. The SMILES string of the molecule is CCCCCCCCCCN1CCC(=O)N1. The highest BCUT2D eigenvalue weighted by atomic mass is 16.2. The lowest BCUT2D eigenvalue weighted by Crippen LogP contribution is -2.33. The molecular weight excluding hydrogens is 200 g/mol. The Hall–Kier alpha value is -0.570. The second-order valence-corrected chi connectivity index (χ2v) is 4.75. The van der Waals surface area contributed by atoms with Crippen molar-refractivity contribution in [1.82, 2.24) is 10.4 Å². The van der Waals surface area contributed by atoms with Gasteiger partial charge < -0.3 is 0 Å². The Morgan fingerprint density at radius 2 is 1.69 bits per heavy atom. The molecule has 0 radical (unpaired) electrons. The molecule has 94 valence electrons. The molecule has 0 saturated carbocycles. The first kappa shape index (κ1) is 13.5. The Bertz CT molecular complexity index is 194. The van der Waals surface area contributed by atoms with Crippen molar-refractivity contribution >= 4 is 5.91 Å². The standard InChI is InChI=1S/C13H26N2O/c1-2-3-4-5-6-7-8-9-11-15-12-10-13(16)14-15/h2-12H2,1H3,(H,14,16). The van der Waals surface area contributed by atoms with Crippen LogP contribution in [0.25, 0.3) is 0 Å². The molecular formula is C13H26N2O. The summed E-state index contributed by atoms with van der Waals surface area (Å²) in [6, 6.07) is 0. The largest absolute Gasteiger partial charge is 0.289 e. The predicted octanol–water partition coefficient (Wildman–Crippen LogP) is 2.86. The fraction of sp³-hybridized carbons (Fsp3) is 0.923. The minimum Gasteiger partial charge on any atom is -0.289 e. The molecule has 3 heteroatoms. The summed E-state index contributed by atoms with van der Waals surface area (Å²) in [7, 11) is 0. The van der Waals surface area contributed by atoms with Crippen LogP contribution in [0, 0.1) is 0 Å². The normalized spacial score (nSPS) is 16.7. The summed E-state index contributed by atoms with van der Waals surface area (Å²) in [6.07, 6.45) is 11.4. The molecule has 0 aliphatic carbocycles. The lowest BCUT2D eigenvalue weighted by atomic mass is 10.1. The molecule has 0 spiro atoms. The van der Waals surface area contributed by atoms with E-state index < -0.39 is 0 Å². The number of hydrogen-bond donors (Lipinski definition) is 1. The van der Waals surface area contributed by atoms with Crippen molar-refractivity contribution in [2.24, 2.45) is 0 Å². The van der Waals surface area contributed by atoms with Gasteiger partial charge in [0.05, 0.1) is 0 Å². The van der Waals surface area contributed by atoms with Gasteiger partial charge in [-0.3, -0.25) is 10.2 Å². The van der Waals surface area contributed by atoms with Crippen molar-refractivity contribution in [1.29, 1.82) is 0 Å². The van der Waals surface area contributed by atoms with Gasteiger partial charge in [0, 0.05) is 19.5 Å². The Kier molecular flexibility index (Phi) is 7.23. The van der Waals surface area contributed by atoms with E-state index >= 15 is 0 Å². The van der Waals surface area contributed by atoms with Crippen LogP contribution in [0.5, 0.6) is 0 Å². The van der Waals surface area contributed by atoms with E-state index in [9.17, 15) is 4.79 Å². The fourth-order valence-corrected chi connectivity index (χ4v) is 2.13. The Labute approximate surface area is 99.6 Å². The molecule has 1 heterocycles. The zero-order valence-electron chi connectivity index (χ0n) is 10.6. The average molecular weight is 226 g/mol. The first-order valence-electron chi connectivity index (χ1n) is 6.87. The Morgan fingerprint density at radius 1 is 1.06 bits per heavy atom. The number of unbranched alkanes of at least 4 members (excludes halogenated alkanes) is 7. The first-order chi connectivity index (χ1) is 7.83. The number of carbonyl (C=O) groups is 1. The number of hydrazine groups is 1. The van der Waals surface area contributed by atoms with Crippen LogP contribution in [0.4, 0.5) is 0 Å². The van der Waals surface area contributed by atoms with Crippen LogP contribution in [-0.4, -0.2) is 24.0 Å². The number of carbonyl (C=O) groups excluding carboxylic acids is 1. The molecule has 0 aromatic heterocycles. The number of nitrogens with zero attached hydrogens (tertiary/aromatic N) is 1. The molecule has 1 rings (SSSR count). The highest BCUT2D eigenvalue weighted by Gasteiger charge is 2.16. The molecule has 1 saturated heterocycles. The molecule has 16 heavy (non-hydrogen) atoms. The van der Waals surface area contributed by atoms with Crippen LogP contribution in [-0.2, 0) is 4.79 Å². The second-order valence-electron chi connectivity index (χ2n) is 4.75. The van der Waals surface area contributed by atoms with Gasteiger partial charge in [-0.2, -0.15) is 0 Å². The second kappa shape index (κ2) is 8.57. The topological polar surface area (TPSA) is 32.3 Å². The van der Waals surface area contributed by atoms with Crippen molar-refractivity contribution in [2.45, 2.75) is 64.7 Å². The molecule has 1 aliphatic rings. The van der Waals surface area contributed by atoms with E-state index in [1.165, 1.54) is 51.4 Å². The molecule has 1 aliphatic heterocycles. The Morgan fingerprint density at radius 3 is 2.25 bits per heavy atom. The van der Waals surface area contributed by atoms with Crippen molar-refractivity contribution in [3.8, 4) is 0 Å². The lowest BCUT2D eigenvalue weighted by molar-refractivity contribution is -0.121. The van der Waals surface area contributed by atoms with E-state index in [1.54, 1.807) is 0 Å². The maximum atomic E-state index is 10.9. The highest BCUT2D eigenvalue weighted by Crippen LogP contribution is 2.09. The van der Waals surface area contributed by atoms with Gasteiger partial charge in [-0.25, -0.2) is 5.01 Å². The zero-order valence-corrected chi connectivity index (χ0v) is 10.6. The molecule has 0 aromatic rings. The molecule has 3 nitrogen and oxygen atoms in total. The van der Waals surface area contributed by atoms with Crippen molar-refractivity contribution < 1.29 is 4.79 Å². The van der Waals surface area contributed by atoms with Crippen molar-refractivity contribution in [3.63, 3.8) is 0 Å². The maximum Gasteiger partial charge on any atom is 0.235 e. The van der Waals surface area contributed by atoms with E-state index in [0.29, 0.717) is 6.42 Å². The van der Waals surface area contributed by atoms with Gasteiger partial charge in [-0.15, -0.1) is 0 Å². The van der Waals surface area contributed by atoms with Gasteiger partial charge in [-0.05, 0) is 6.42 Å². The lowest BCUT2D eigenvalue weighted by Gasteiger charge is -2.13. The van der Waals surface area contributed by atoms with E-state index in [0.717, 1.165) is 13.1 Å². The summed E-state index contributed by atoms with van der Waals surface area (Å²) in [6.45, 7) is 4.18. The van der Waals surface area contributed by atoms with Gasteiger partial charge in [0.1, 0.15) is 0 Å². The molecule has 1 amide bonds. The number of nitrogens with one attached hydrogen (secondary N) is 1. The molecule has 0 atom stereocenters. The van der Waals surface area contributed by atoms with E-state index in [4.69, 9.17) is 0 Å². The van der Waals surface area contributed by atoms with E-state index in [2.05, 4.69) is 17.4 Å². The van der Waals surface area contributed by atoms with Crippen LogP contribution in [0.3, 0.4) is 0 Å². The third-order valence-corrected chi connectivity index (χ3v) is 3.17. The summed E-state index contributed by atoms with van der Waals surface area (Å²) in [4.78, 5) is 10.9. The molecule has 1 N–H and O–H groups in total. The molecule has 0 unspecified atom stereocenters. The maximum absolute atomic E-state index is 10.9. The number of rotatable bonds is 9. The van der Waals surface area contributed by atoms with Gasteiger partial charge in [0.25, 0.3) is 0 Å². The molecule has 1 fully saturated rings. The predicted molar refractivity (Wildman–Crippen MR) is 66.9 cm³/mol. The number of hydrogen-bond acceptors (Lipinski definition) is 2. The first-order valence-corrected chi connectivity index (χ1v) is 6.87. The third-order valence-electron chi connectivity index (χ3n) is 3.17.